The Kier molecular flexibility index (Phi) is 4.42. The first kappa shape index (κ1) is 14.8. The highest BCUT2D eigenvalue weighted by Crippen LogP contribution is 2.27. The molecule has 0 saturated heterocycles. The van der Waals surface area contributed by atoms with Crippen LogP contribution in [0.15, 0.2) is 42.5 Å². The summed E-state index contributed by atoms with van der Waals surface area (Å²) >= 11 is 0. The van der Waals surface area contributed by atoms with E-state index in [-0.39, 0.29) is 17.7 Å². The lowest BCUT2D eigenvalue weighted by atomic mass is 10.1. The normalized spacial score (nSPS) is 11.8. The van der Waals surface area contributed by atoms with Gasteiger partial charge in [-0.15, -0.1) is 0 Å². The van der Waals surface area contributed by atoms with E-state index in [0.29, 0.717) is 11.1 Å². The maximum absolute atomic E-state index is 13.2. The second-order valence-corrected chi connectivity index (χ2v) is 4.73. The minimum absolute atomic E-state index is 0.0402. The van der Waals surface area contributed by atoms with Crippen LogP contribution in [0.25, 0.3) is 0 Å². The van der Waals surface area contributed by atoms with E-state index in [1.807, 2.05) is 6.92 Å². The van der Waals surface area contributed by atoms with Crippen LogP contribution < -0.4 is 10.6 Å². The number of phenolic OH excluding ortho intramolecular Hbond substituents is 1. The van der Waals surface area contributed by atoms with Gasteiger partial charge in [0.25, 0.3) is 5.91 Å². The predicted octanol–water partition coefficient (Wildman–Crippen LogP) is 3.06. The molecule has 0 aliphatic rings. The SMILES string of the molecule is CNC(=O)c1ccc(NC(C)c2cc(F)ccc2O)cc1. The molecule has 110 valence electrons. The van der Waals surface area contributed by atoms with Gasteiger partial charge in [0, 0.05) is 23.9 Å². The van der Waals surface area contributed by atoms with E-state index in [1.54, 1.807) is 31.3 Å². The fourth-order valence-corrected chi connectivity index (χ4v) is 2.06. The lowest BCUT2D eigenvalue weighted by Crippen LogP contribution is -2.17. The number of amides is 1. The lowest BCUT2D eigenvalue weighted by Gasteiger charge is -2.17. The van der Waals surface area contributed by atoms with Crippen molar-refractivity contribution in [1.29, 1.82) is 0 Å². The van der Waals surface area contributed by atoms with Gasteiger partial charge in [0.1, 0.15) is 11.6 Å². The average Bonchev–Trinajstić information content (AvgIpc) is 2.49. The van der Waals surface area contributed by atoms with Crippen LogP contribution in [0, 0.1) is 5.82 Å². The van der Waals surface area contributed by atoms with Crippen molar-refractivity contribution in [2.75, 3.05) is 12.4 Å². The van der Waals surface area contributed by atoms with Crippen molar-refractivity contribution in [1.82, 2.24) is 5.32 Å². The molecule has 0 aromatic heterocycles. The van der Waals surface area contributed by atoms with Crippen LogP contribution in [0.4, 0.5) is 10.1 Å². The van der Waals surface area contributed by atoms with Crippen molar-refractivity contribution >= 4 is 11.6 Å². The summed E-state index contributed by atoms with van der Waals surface area (Å²) in [5.74, 6) is -0.512. The summed E-state index contributed by atoms with van der Waals surface area (Å²) in [6.07, 6.45) is 0. The Hall–Kier alpha value is -2.56. The minimum atomic E-state index is -0.397. The minimum Gasteiger partial charge on any atom is -0.508 e. The molecule has 2 rings (SSSR count). The smallest absolute Gasteiger partial charge is 0.251 e. The molecule has 0 aliphatic heterocycles. The highest BCUT2D eigenvalue weighted by Gasteiger charge is 2.11. The number of hydrogen-bond acceptors (Lipinski definition) is 3. The molecule has 0 aliphatic carbocycles. The maximum Gasteiger partial charge on any atom is 0.251 e. The Morgan fingerprint density at radius 2 is 1.86 bits per heavy atom. The van der Waals surface area contributed by atoms with Crippen LogP contribution in [-0.2, 0) is 0 Å². The molecule has 4 nitrogen and oxygen atoms in total. The first-order chi connectivity index (χ1) is 10.0. The van der Waals surface area contributed by atoms with Gasteiger partial charge < -0.3 is 15.7 Å². The summed E-state index contributed by atoms with van der Waals surface area (Å²) in [5.41, 5.74) is 1.81. The molecule has 3 N–H and O–H groups in total. The Morgan fingerprint density at radius 3 is 2.48 bits per heavy atom. The quantitative estimate of drug-likeness (QED) is 0.810. The van der Waals surface area contributed by atoms with Crippen LogP contribution in [0.5, 0.6) is 5.75 Å². The predicted molar refractivity (Wildman–Crippen MR) is 79.9 cm³/mol. The number of nitrogens with one attached hydrogen (secondary N) is 2. The van der Waals surface area contributed by atoms with E-state index in [0.717, 1.165) is 5.69 Å². The Balaban J connectivity index is 2.14. The lowest BCUT2D eigenvalue weighted by molar-refractivity contribution is 0.0963. The molecule has 1 atom stereocenters. The second kappa shape index (κ2) is 6.26. The van der Waals surface area contributed by atoms with Gasteiger partial charge in [-0.05, 0) is 49.4 Å². The number of carbonyl (C=O) groups is 1. The molecule has 1 amide bonds. The Morgan fingerprint density at radius 1 is 1.19 bits per heavy atom. The van der Waals surface area contributed by atoms with E-state index >= 15 is 0 Å². The van der Waals surface area contributed by atoms with Crippen LogP contribution in [0.3, 0.4) is 0 Å². The monoisotopic (exact) mass is 288 g/mol. The molecule has 0 spiro atoms. The standard InChI is InChI=1S/C16H17FN2O2/c1-10(14-9-12(17)5-8-15(14)20)19-13-6-3-11(4-7-13)16(21)18-2/h3-10,19-20H,1-2H3,(H,18,21). The van der Waals surface area contributed by atoms with Crippen molar-refractivity contribution in [2.45, 2.75) is 13.0 Å². The number of rotatable bonds is 4. The van der Waals surface area contributed by atoms with Gasteiger partial charge in [0.05, 0.1) is 6.04 Å². The molecule has 5 heteroatoms. The number of benzene rings is 2. The number of hydrogen-bond donors (Lipinski definition) is 3. The van der Waals surface area contributed by atoms with Gasteiger partial charge >= 0.3 is 0 Å². The maximum atomic E-state index is 13.2. The van der Waals surface area contributed by atoms with Gasteiger partial charge in [-0.2, -0.15) is 0 Å². The summed E-state index contributed by atoms with van der Waals surface area (Å²) in [6.45, 7) is 1.82. The molecular weight excluding hydrogens is 271 g/mol. The summed E-state index contributed by atoms with van der Waals surface area (Å²) in [4.78, 5) is 11.4. The molecule has 1 unspecified atom stereocenters. The zero-order valence-corrected chi connectivity index (χ0v) is 11.9. The van der Waals surface area contributed by atoms with Crippen LogP contribution >= 0.6 is 0 Å². The van der Waals surface area contributed by atoms with Gasteiger partial charge in [-0.25, -0.2) is 4.39 Å². The molecule has 0 fully saturated rings. The van der Waals surface area contributed by atoms with Crippen LogP contribution in [0.1, 0.15) is 28.9 Å². The highest BCUT2D eigenvalue weighted by atomic mass is 19.1. The fraction of sp³-hybridized carbons (Fsp3) is 0.188. The van der Waals surface area contributed by atoms with E-state index in [4.69, 9.17) is 0 Å². The zero-order valence-electron chi connectivity index (χ0n) is 11.9. The Bertz CT molecular complexity index is 641. The Labute approximate surface area is 122 Å². The summed E-state index contributed by atoms with van der Waals surface area (Å²) < 4.78 is 13.2. The third kappa shape index (κ3) is 3.51. The molecule has 0 heterocycles. The molecule has 0 bridgehead atoms. The number of anilines is 1. The van der Waals surface area contributed by atoms with Gasteiger partial charge in [-0.3, -0.25) is 4.79 Å². The number of aromatic hydroxyl groups is 1. The first-order valence-electron chi connectivity index (χ1n) is 6.58. The highest BCUT2D eigenvalue weighted by molar-refractivity contribution is 5.94. The van der Waals surface area contributed by atoms with Crippen molar-refractivity contribution in [3.63, 3.8) is 0 Å². The van der Waals surface area contributed by atoms with E-state index in [1.165, 1.54) is 18.2 Å². The molecule has 0 saturated carbocycles. The van der Waals surface area contributed by atoms with E-state index in [9.17, 15) is 14.3 Å². The number of carbonyl (C=O) groups excluding carboxylic acids is 1. The number of phenols is 1. The zero-order chi connectivity index (χ0) is 15.4. The fourth-order valence-electron chi connectivity index (χ4n) is 2.06. The average molecular weight is 288 g/mol. The molecule has 21 heavy (non-hydrogen) atoms. The molecular formula is C16H17FN2O2. The van der Waals surface area contributed by atoms with E-state index < -0.39 is 5.82 Å². The largest absolute Gasteiger partial charge is 0.508 e. The van der Waals surface area contributed by atoms with Gasteiger partial charge in [-0.1, -0.05) is 0 Å². The topological polar surface area (TPSA) is 61.4 Å². The molecule has 0 radical (unpaired) electrons. The first-order valence-corrected chi connectivity index (χ1v) is 6.58. The van der Waals surface area contributed by atoms with Crippen LogP contribution in [-0.4, -0.2) is 18.1 Å². The van der Waals surface area contributed by atoms with Crippen molar-refractivity contribution < 1.29 is 14.3 Å². The van der Waals surface area contributed by atoms with E-state index in [2.05, 4.69) is 10.6 Å². The second-order valence-electron chi connectivity index (χ2n) is 4.73. The van der Waals surface area contributed by atoms with Crippen molar-refractivity contribution in [3.8, 4) is 5.75 Å². The third-order valence-electron chi connectivity index (χ3n) is 3.21. The summed E-state index contributed by atoms with van der Waals surface area (Å²) in [6, 6.07) is 10.5. The third-order valence-corrected chi connectivity index (χ3v) is 3.21. The van der Waals surface area contributed by atoms with Crippen molar-refractivity contribution in [3.05, 3.63) is 59.4 Å². The van der Waals surface area contributed by atoms with Crippen LogP contribution in [0.2, 0.25) is 0 Å². The molecule has 2 aromatic rings. The summed E-state index contributed by atoms with van der Waals surface area (Å²) in [5, 5.41) is 15.5. The molecule has 2 aromatic carbocycles. The summed E-state index contributed by atoms with van der Waals surface area (Å²) in [7, 11) is 1.57. The van der Waals surface area contributed by atoms with Crippen molar-refractivity contribution in [2.24, 2.45) is 0 Å². The van der Waals surface area contributed by atoms with Gasteiger partial charge in [0.2, 0.25) is 0 Å². The number of halogens is 1. The van der Waals surface area contributed by atoms with Gasteiger partial charge in [0.15, 0.2) is 0 Å².